The number of thiazole rings is 1. The first kappa shape index (κ1) is 15.1. The summed E-state index contributed by atoms with van der Waals surface area (Å²) < 4.78 is 38.3. The number of hydrazine groups is 1. The van der Waals surface area contributed by atoms with E-state index in [0.29, 0.717) is 17.4 Å². The van der Waals surface area contributed by atoms with Gasteiger partial charge in [-0.3, -0.25) is 20.1 Å². The molecule has 2 rings (SSSR count). The minimum Gasteiger partial charge on any atom is -0.270 e. The van der Waals surface area contributed by atoms with Crippen LogP contribution in [0.15, 0.2) is 12.1 Å². The van der Waals surface area contributed by atoms with Gasteiger partial charge in [-0.25, -0.2) is 10.8 Å². The molecule has 8 nitrogen and oxygen atoms in total. The van der Waals surface area contributed by atoms with E-state index in [1.165, 1.54) is 0 Å². The van der Waals surface area contributed by atoms with Crippen LogP contribution in [0.1, 0.15) is 15.4 Å². The maximum absolute atomic E-state index is 12.8. The maximum Gasteiger partial charge on any atom is 0.423 e. The summed E-state index contributed by atoms with van der Waals surface area (Å²) in [6, 6.07) is 1.49. The molecular weight excluding hydrogens is 317 g/mol. The molecule has 3 N–H and O–H groups in total. The summed E-state index contributed by atoms with van der Waals surface area (Å²) in [7, 11) is 0. The molecule has 0 spiro atoms. The van der Waals surface area contributed by atoms with Crippen LogP contribution >= 0.6 is 11.3 Å². The lowest BCUT2D eigenvalue weighted by molar-refractivity contribution is -0.386. The van der Waals surface area contributed by atoms with Gasteiger partial charge in [-0.2, -0.15) is 13.2 Å². The molecule has 0 radical (unpaired) electrons. The number of fused-ring (bicyclic) bond motifs is 1. The Labute approximate surface area is 117 Å². The average molecular weight is 322 g/mol. The molecule has 1 aromatic carbocycles. The molecule has 0 saturated heterocycles. The molecule has 0 bridgehead atoms. The zero-order chi connectivity index (χ0) is 15.9. The van der Waals surface area contributed by atoms with Gasteiger partial charge < -0.3 is 0 Å². The Bertz CT molecular complexity index is 742. The van der Waals surface area contributed by atoms with Crippen molar-refractivity contribution in [3.63, 3.8) is 0 Å². The Balaban J connectivity index is 2.76. The summed E-state index contributed by atoms with van der Waals surface area (Å²) in [6.07, 6.45) is -4.94. The summed E-state index contributed by atoms with van der Waals surface area (Å²) in [6.45, 7) is 0. The Morgan fingerprint density at radius 2 is 2.10 bits per heavy atom. The molecule has 0 aliphatic carbocycles. The number of nitro groups is 1. The van der Waals surface area contributed by atoms with Gasteiger partial charge >= 0.3 is 17.8 Å². The minimum absolute atomic E-state index is 0.0140. The van der Waals surface area contributed by atoms with Crippen LogP contribution in [0.5, 0.6) is 0 Å². The fourth-order valence-corrected chi connectivity index (χ4v) is 2.48. The lowest BCUT2D eigenvalue weighted by atomic mass is 10.1. The Hall–Kier alpha value is -2.31. The van der Waals surface area contributed by atoms with Gasteiger partial charge in [0.05, 0.1) is 9.62 Å². The summed E-state index contributed by atoms with van der Waals surface area (Å²) in [5, 5.41) is 18.9. The van der Waals surface area contributed by atoms with E-state index in [1.807, 2.05) is 0 Å². The Morgan fingerprint density at radius 1 is 1.48 bits per heavy atom. The number of carbonyl (C=O) groups is 1. The number of nitro benzene ring substituents is 1. The Morgan fingerprint density at radius 3 is 2.57 bits per heavy atom. The highest BCUT2D eigenvalue weighted by molar-refractivity contribution is 7.20. The normalized spacial score (nSPS) is 11.7. The van der Waals surface area contributed by atoms with Crippen molar-refractivity contribution in [2.45, 2.75) is 6.18 Å². The number of hydrogen-bond donors (Lipinski definition) is 2. The number of benzene rings is 1. The van der Waals surface area contributed by atoms with E-state index in [0.717, 1.165) is 6.07 Å². The smallest absolute Gasteiger partial charge is 0.270 e. The molecule has 2 aromatic rings. The van der Waals surface area contributed by atoms with E-state index in [4.69, 9.17) is 11.0 Å². The van der Waals surface area contributed by atoms with Crippen LogP contribution in [0.25, 0.3) is 10.2 Å². The molecule has 1 aromatic heterocycles. The van der Waals surface area contributed by atoms with Gasteiger partial charge in [0.2, 0.25) is 0 Å². The molecule has 0 atom stereocenters. The summed E-state index contributed by atoms with van der Waals surface area (Å²) >= 11 is 0.571. The molecule has 112 valence electrons. The third kappa shape index (κ3) is 2.63. The molecule has 1 heterocycles. The molecule has 1 amide bonds. The topological polar surface area (TPSA) is 123 Å². The second kappa shape index (κ2) is 4.91. The number of aromatic nitrogens is 1. The van der Waals surface area contributed by atoms with E-state index in [1.54, 1.807) is 0 Å². The van der Waals surface area contributed by atoms with Crippen LogP contribution in [0.3, 0.4) is 0 Å². The first-order valence-corrected chi connectivity index (χ1v) is 5.87. The monoisotopic (exact) mass is 322 g/mol. The number of alkyl halides is 3. The second-order valence-corrected chi connectivity index (χ2v) is 4.76. The van der Waals surface area contributed by atoms with Gasteiger partial charge in [0.25, 0.3) is 0 Å². The van der Waals surface area contributed by atoms with Gasteiger partial charge in [-0.1, -0.05) is 0 Å². The molecule has 12 heteroatoms. The highest BCUT2D eigenvalue weighted by Crippen LogP contribution is 2.41. The number of rotatable bonds is 2. The van der Waals surface area contributed by atoms with Crippen LogP contribution in [0.4, 0.5) is 18.9 Å². The van der Waals surface area contributed by atoms with E-state index in [-0.39, 0.29) is 9.87 Å². The predicted molar refractivity (Wildman–Crippen MR) is 63.4 cm³/mol. The number of halogens is 3. The summed E-state index contributed by atoms with van der Waals surface area (Å²) in [4.78, 5) is 24.5. The van der Waals surface area contributed by atoms with Crippen LogP contribution in [0.2, 0.25) is 0 Å². The predicted octanol–water partition coefficient (Wildman–Crippen LogP) is 1.93. The molecular formula is C9H5F3N4O4S. The van der Waals surface area contributed by atoms with Crippen molar-refractivity contribution in [2.24, 2.45) is 5.84 Å². The molecule has 0 aliphatic heterocycles. The fraction of sp³-hybridized carbons (Fsp3) is 0.111. The van der Waals surface area contributed by atoms with E-state index in [2.05, 4.69) is 4.98 Å². The third-order valence-corrected chi connectivity index (χ3v) is 3.42. The zero-order valence-corrected chi connectivity index (χ0v) is 10.6. The van der Waals surface area contributed by atoms with Crippen LogP contribution in [-0.4, -0.2) is 26.2 Å². The highest BCUT2D eigenvalue weighted by atomic mass is 32.1. The van der Waals surface area contributed by atoms with Gasteiger partial charge in [-0.05, 0) is 12.1 Å². The van der Waals surface area contributed by atoms with Crippen molar-refractivity contribution in [1.29, 1.82) is 0 Å². The number of hydrogen-bond acceptors (Lipinski definition) is 7. The second-order valence-electron chi connectivity index (χ2n) is 3.73. The molecule has 0 fully saturated rings. The van der Waals surface area contributed by atoms with E-state index >= 15 is 0 Å². The van der Waals surface area contributed by atoms with Crippen LogP contribution in [0, 0.1) is 10.1 Å². The SMILES string of the molecule is NN(O)C(=O)c1nc2c([N+](=O)[O-])c(C(F)(F)F)ccc2s1. The maximum atomic E-state index is 12.8. The van der Waals surface area contributed by atoms with Crippen molar-refractivity contribution >= 4 is 33.1 Å². The zero-order valence-electron chi connectivity index (χ0n) is 9.79. The largest absolute Gasteiger partial charge is 0.423 e. The minimum atomic E-state index is -4.94. The quantitative estimate of drug-likeness (QED) is 0.286. The first-order chi connectivity index (χ1) is 9.62. The van der Waals surface area contributed by atoms with Gasteiger partial charge in [0.15, 0.2) is 10.5 Å². The van der Waals surface area contributed by atoms with Crippen LogP contribution in [-0.2, 0) is 6.18 Å². The van der Waals surface area contributed by atoms with Crippen molar-refractivity contribution < 1.29 is 28.1 Å². The van der Waals surface area contributed by atoms with Crippen LogP contribution < -0.4 is 5.84 Å². The summed E-state index contributed by atoms with van der Waals surface area (Å²) in [5.41, 5.74) is -3.32. The molecule has 0 unspecified atom stereocenters. The first-order valence-electron chi connectivity index (χ1n) is 5.06. The fourth-order valence-electron chi connectivity index (χ4n) is 1.58. The number of carbonyl (C=O) groups excluding carboxylic acids is 1. The molecule has 21 heavy (non-hydrogen) atoms. The van der Waals surface area contributed by atoms with E-state index in [9.17, 15) is 28.1 Å². The Kier molecular flexibility index (Phi) is 3.52. The molecule has 0 aliphatic rings. The van der Waals surface area contributed by atoms with Gasteiger partial charge in [0.1, 0.15) is 5.56 Å². The number of hydroxylamine groups is 1. The molecule has 0 saturated carbocycles. The van der Waals surface area contributed by atoms with Crippen molar-refractivity contribution in [2.75, 3.05) is 0 Å². The number of nitrogens with two attached hydrogens (primary N) is 1. The standard InChI is InChI=1S/C9H5F3N4O4S/c10-9(11,12)3-1-2-4-5(6(3)16(19)20)14-7(21-4)8(17)15(13)18/h1-2,18H,13H2. The lowest BCUT2D eigenvalue weighted by Gasteiger charge is -2.06. The van der Waals surface area contributed by atoms with E-state index < -0.39 is 38.8 Å². The van der Waals surface area contributed by atoms with Gasteiger partial charge in [0, 0.05) is 0 Å². The number of amides is 1. The highest BCUT2D eigenvalue weighted by Gasteiger charge is 2.40. The van der Waals surface area contributed by atoms with Crippen molar-refractivity contribution in [3.05, 3.63) is 32.8 Å². The lowest BCUT2D eigenvalue weighted by Crippen LogP contribution is -2.33. The van der Waals surface area contributed by atoms with Gasteiger partial charge in [-0.15, -0.1) is 16.5 Å². The third-order valence-electron chi connectivity index (χ3n) is 2.41. The van der Waals surface area contributed by atoms with Crippen molar-refractivity contribution in [1.82, 2.24) is 10.2 Å². The average Bonchev–Trinajstić information content (AvgIpc) is 2.78. The van der Waals surface area contributed by atoms with Crippen molar-refractivity contribution in [3.8, 4) is 0 Å². The number of nitrogens with zero attached hydrogens (tertiary/aromatic N) is 3. The summed E-state index contributed by atoms with van der Waals surface area (Å²) in [5.74, 6) is 3.58.